The van der Waals surface area contributed by atoms with Crippen LogP contribution < -0.4 is 4.90 Å². The predicted molar refractivity (Wildman–Crippen MR) is 185 cm³/mol. The molecule has 0 amide bonds. The first-order valence-corrected chi connectivity index (χ1v) is 15.1. The summed E-state index contributed by atoms with van der Waals surface area (Å²) in [5.41, 5.74) is 14.2. The van der Waals surface area contributed by atoms with Gasteiger partial charge < -0.3 is 9.47 Å². The van der Waals surface area contributed by atoms with Gasteiger partial charge in [-0.1, -0.05) is 66.7 Å². The molecule has 0 fully saturated rings. The second-order valence-corrected chi connectivity index (χ2v) is 11.9. The number of fused-ring (bicyclic) bond motifs is 5. The molecule has 1 aliphatic heterocycles. The highest BCUT2D eigenvalue weighted by Gasteiger charge is 2.28. The molecule has 8 aromatic rings. The van der Waals surface area contributed by atoms with Crippen LogP contribution in [0.5, 0.6) is 0 Å². The Morgan fingerprint density at radius 2 is 1.27 bits per heavy atom. The van der Waals surface area contributed by atoms with Crippen molar-refractivity contribution in [3.8, 4) is 28.1 Å². The van der Waals surface area contributed by atoms with Crippen LogP contribution in [0.2, 0.25) is 0 Å². The standard InChI is InChI=1S/C41H29N3/c1-26-9-5-13-30(21-26)43-37-19-18-29(36-16-3-4-20-42-36)23-33(37)35-24-34-32-15-7-11-28-12-8-17-38(41(28)32)44(39(34)25-40(35)43)31-14-6-10-27(2)22-31/h3-25H,1-2H3. The topological polar surface area (TPSA) is 21.1 Å². The lowest BCUT2D eigenvalue weighted by molar-refractivity contribution is 1.17. The van der Waals surface area contributed by atoms with Gasteiger partial charge in [-0.05, 0) is 103 Å². The number of aromatic nitrogens is 2. The van der Waals surface area contributed by atoms with E-state index in [2.05, 4.69) is 156 Å². The first-order valence-electron chi connectivity index (χ1n) is 15.1. The maximum atomic E-state index is 4.67. The summed E-state index contributed by atoms with van der Waals surface area (Å²) in [6.07, 6.45) is 1.86. The third kappa shape index (κ3) is 3.66. The van der Waals surface area contributed by atoms with Crippen LogP contribution in [0, 0.1) is 13.8 Å². The lowest BCUT2D eigenvalue weighted by Crippen LogP contribution is -2.15. The highest BCUT2D eigenvalue weighted by Crippen LogP contribution is 2.53. The molecule has 0 N–H and O–H groups in total. The maximum absolute atomic E-state index is 4.67. The number of benzene rings is 6. The zero-order valence-corrected chi connectivity index (χ0v) is 24.6. The Morgan fingerprint density at radius 1 is 0.523 bits per heavy atom. The van der Waals surface area contributed by atoms with Gasteiger partial charge in [0.05, 0.1) is 28.1 Å². The average Bonchev–Trinajstić information content (AvgIpc) is 3.37. The second kappa shape index (κ2) is 9.42. The Balaban J connectivity index is 1.43. The van der Waals surface area contributed by atoms with E-state index in [1.54, 1.807) is 0 Å². The van der Waals surface area contributed by atoms with E-state index in [1.165, 1.54) is 71.9 Å². The lowest BCUT2D eigenvalue weighted by Gasteiger charge is -2.34. The summed E-state index contributed by atoms with van der Waals surface area (Å²) in [5.74, 6) is 0. The molecule has 0 aliphatic carbocycles. The summed E-state index contributed by atoms with van der Waals surface area (Å²) in [5, 5.41) is 5.00. The van der Waals surface area contributed by atoms with E-state index in [0.717, 1.165) is 16.9 Å². The van der Waals surface area contributed by atoms with Gasteiger partial charge in [0.25, 0.3) is 0 Å². The molecule has 3 heteroatoms. The number of anilines is 3. The van der Waals surface area contributed by atoms with Crippen molar-refractivity contribution in [3.63, 3.8) is 0 Å². The minimum Gasteiger partial charge on any atom is -0.309 e. The van der Waals surface area contributed by atoms with Crippen molar-refractivity contribution >= 4 is 49.6 Å². The van der Waals surface area contributed by atoms with Gasteiger partial charge in [0, 0.05) is 44.9 Å². The molecule has 0 spiro atoms. The Labute approximate surface area is 256 Å². The maximum Gasteiger partial charge on any atom is 0.0702 e. The summed E-state index contributed by atoms with van der Waals surface area (Å²) in [4.78, 5) is 7.12. The first kappa shape index (κ1) is 24.9. The molecule has 3 heterocycles. The van der Waals surface area contributed by atoms with E-state index in [4.69, 9.17) is 0 Å². The fourth-order valence-electron chi connectivity index (χ4n) is 7.10. The molecular weight excluding hydrogens is 534 g/mol. The van der Waals surface area contributed by atoms with Crippen molar-refractivity contribution in [2.24, 2.45) is 0 Å². The molecule has 0 bridgehead atoms. The average molecular weight is 564 g/mol. The molecular formula is C41H29N3. The van der Waals surface area contributed by atoms with Crippen molar-refractivity contribution in [3.05, 3.63) is 151 Å². The van der Waals surface area contributed by atoms with Crippen LogP contribution in [-0.2, 0) is 0 Å². The van der Waals surface area contributed by atoms with E-state index in [9.17, 15) is 0 Å². The third-order valence-electron chi connectivity index (χ3n) is 9.02. The summed E-state index contributed by atoms with van der Waals surface area (Å²) in [7, 11) is 0. The highest BCUT2D eigenvalue weighted by molar-refractivity contribution is 6.19. The lowest BCUT2D eigenvalue weighted by atomic mass is 9.89. The number of rotatable bonds is 3. The monoisotopic (exact) mass is 563 g/mol. The molecule has 1 aliphatic rings. The van der Waals surface area contributed by atoms with E-state index in [1.807, 2.05) is 12.3 Å². The van der Waals surface area contributed by atoms with Gasteiger partial charge in [-0.2, -0.15) is 0 Å². The Kier molecular flexibility index (Phi) is 5.33. The van der Waals surface area contributed by atoms with Gasteiger partial charge in [0.2, 0.25) is 0 Å². The molecule has 2 aromatic heterocycles. The van der Waals surface area contributed by atoms with Crippen molar-refractivity contribution < 1.29 is 0 Å². The summed E-state index contributed by atoms with van der Waals surface area (Å²) < 4.78 is 2.43. The minimum atomic E-state index is 0.980. The number of aryl methyl sites for hydroxylation is 2. The fourth-order valence-corrected chi connectivity index (χ4v) is 7.10. The minimum absolute atomic E-state index is 0.980. The Morgan fingerprint density at radius 3 is 2.07 bits per heavy atom. The van der Waals surface area contributed by atoms with Gasteiger partial charge in [0.1, 0.15) is 0 Å². The largest absolute Gasteiger partial charge is 0.309 e. The summed E-state index contributed by atoms with van der Waals surface area (Å²) in [6.45, 7) is 4.33. The fraction of sp³-hybridized carbons (Fsp3) is 0.0488. The molecule has 6 aromatic carbocycles. The van der Waals surface area contributed by atoms with Crippen LogP contribution in [0.25, 0.3) is 60.6 Å². The summed E-state index contributed by atoms with van der Waals surface area (Å²) in [6, 6.07) is 48.7. The normalized spacial score (nSPS) is 12.3. The molecule has 0 saturated heterocycles. The quantitative estimate of drug-likeness (QED) is 0.213. The van der Waals surface area contributed by atoms with Crippen LogP contribution in [0.15, 0.2) is 140 Å². The van der Waals surface area contributed by atoms with Crippen molar-refractivity contribution in [2.45, 2.75) is 13.8 Å². The highest BCUT2D eigenvalue weighted by atomic mass is 15.2. The second-order valence-electron chi connectivity index (χ2n) is 11.9. The summed E-state index contributed by atoms with van der Waals surface area (Å²) >= 11 is 0. The van der Waals surface area contributed by atoms with E-state index >= 15 is 0 Å². The van der Waals surface area contributed by atoms with Crippen LogP contribution in [-0.4, -0.2) is 9.55 Å². The predicted octanol–water partition coefficient (Wildman–Crippen LogP) is 11.1. The van der Waals surface area contributed by atoms with Gasteiger partial charge in [-0.25, -0.2) is 0 Å². The van der Waals surface area contributed by atoms with Crippen LogP contribution in [0.3, 0.4) is 0 Å². The first-order chi connectivity index (χ1) is 21.6. The molecule has 0 atom stereocenters. The molecule has 0 saturated carbocycles. The van der Waals surface area contributed by atoms with Crippen LogP contribution in [0.1, 0.15) is 11.1 Å². The van der Waals surface area contributed by atoms with Crippen molar-refractivity contribution in [1.29, 1.82) is 0 Å². The van der Waals surface area contributed by atoms with Gasteiger partial charge in [0.15, 0.2) is 0 Å². The number of hydrogen-bond acceptors (Lipinski definition) is 2. The van der Waals surface area contributed by atoms with E-state index in [0.29, 0.717) is 0 Å². The molecule has 0 radical (unpaired) electrons. The molecule has 9 rings (SSSR count). The zero-order chi connectivity index (χ0) is 29.4. The van der Waals surface area contributed by atoms with Crippen LogP contribution >= 0.6 is 0 Å². The SMILES string of the molecule is Cc1cccc(N2c3cc4c(cc3-c3cccc5cccc2c35)c2cc(-c3ccccn3)ccc2n4-c2cccc(C)c2)c1. The van der Waals surface area contributed by atoms with Gasteiger partial charge >= 0.3 is 0 Å². The Bertz CT molecular complexity index is 2410. The Hall–Kier alpha value is -5.67. The van der Waals surface area contributed by atoms with E-state index in [-0.39, 0.29) is 0 Å². The third-order valence-corrected chi connectivity index (χ3v) is 9.02. The smallest absolute Gasteiger partial charge is 0.0702 e. The van der Waals surface area contributed by atoms with Gasteiger partial charge in [-0.15, -0.1) is 0 Å². The molecule has 0 unspecified atom stereocenters. The van der Waals surface area contributed by atoms with E-state index < -0.39 is 0 Å². The molecule has 208 valence electrons. The number of pyridine rings is 1. The molecule has 44 heavy (non-hydrogen) atoms. The number of hydrogen-bond donors (Lipinski definition) is 0. The van der Waals surface area contributed by atoms with Crippen molar-refractivity contribution in [1.82, 2.24) is 9.55 Å². The zero-order valence-electron chi connectivity index (χ0n) is 24.6. The number of nitrogens with zero attached hydrogens (tertiary/aromatic N) is 3. The molecule has 3 nitrogen and oxygen atoms in total. The van der Waals surface area contributed by atoms with Gasteiger partial charge in [-0.3, -0.25) is 4.98 Å². The van der Waals surface area contributed by atoms with Crippen molar-refractivity contribution in [2.75, 3.05) is 4.90 Å². The van der Waals surface area contributed by atoms with Crippen LogP contribution in [0.4, 0.5) is 17.1 Å².